The zero-order valence-electron chi connectivity index (χ0n) is 15.0. The molecule has 9 nitrogen and oxygen atoms in total. The van der Waals surface area contributed by atoms with Crippen LogP contribution in [-0.2, 0) is 9.59 Å². The predicted octanol–water partition coefficient (Wildman–Crippen LogP) is 0.627. The number of hydrogen-bond donors (Lipinski definition) is 3. The molecule has 0 spiro atoms. The van der Waals surface area contributed by atoms with Crippen molar-refractivity contribution in [3.05, 3.63) is 69.0 Å². The summed E-state index contributed by atoms with van der Waals surface area (Å²) in [5.41, 5.74) is -0.834. The molecule has 2 aliphatic carbocycles. The first-order valence-corrected chi connectivity index (χ1v) is 9.23. The van der Waals surface area contributed by atoms with Crippen LogP contribution in [0.2, 0.25) is 0 Å². The van der Waals surface area contributed by atoms with Crippen molar-refractivity contribution in [1.29, 1.82) is 0 Å². The van der Waals surface area contributed by atoms with Crippen LogP contribution in [-0.4, -0.2) is 27.7 Å². The number of hydrogen-bond acceptors (Lipinski definition) is 5. The fraction of sp³-hybridized carbons (Fsp3) is 0.250. The molecule has 1 saturated heterocycles. The summed E-state index contributed by atoms with van der Waals surface area (Å²) in [6, 6.07) is 6.04. The van der Waals surface area contributed by atoms with Crippen LogP contribution in [0, 0.1) is 23.7 Å². The largest absolute Gasteiger partial charge is 0.325 e. The van der Waals surface area contributed by atoms with Gasteiger partial charge in [-0.3, -0.25) is 29.1 Å². The van der Waals surface area contributed by atoms with E-state index in [1.54, 1.807) is 0 Å². The van der Waals surface area contributed by atoms with Gasteiger partial charge in [0.05, 0.1) is 17.5 Å². The van der Waals surface area contributed by atoms with Crippen molar-refractivity contribution in [3.63, 3.8) is 0 Å². The Morgan fingerprint density at radius 2 is 1.59 bits per heavy atom. The van der Waals surface area contributed by atoms with Crippen molar-refractivity contribution in [2.45, 2.75) is 6.42 Å². The molecule has 3 N–H and O–H groups in total. The van der Waals surface area contributed by atoms with Gasteiger partial charge in [-0.1, -0.05) is 12.2 Å². The van der Waals surface area contributed by atoms with Crippen molar-refractivity contribution in [2.75, 3.05) is 10.2 Å². The van der Waals surface area contributed by atoms with Gasteiger partial charge in [-0.05, 0) is 42.5 Å². The molecule has 1 saturated carbocycles. The number of carbonyl (C=O) groups excluding carboxylic acids is 3. The Balaban J connectivity index is 1.36. The average molecular weight is 392 g/mol. The number of allylic oxidation sites excluding steroid dienone is 2. The highest BCUT2D eigenvalue weighted by Crippen LogP contribution is 2.53. The molecule has 2 bridgehead atoms. The predicted molar refractivity (Wildman–Crippen MR) is 102 cm³/mol. The molecule has 2 fully saturated rings. The minimum absolute atomic E-state index is 0.0978. The molecule has 4 atom stereocenters. The van der Waals surface area contributed by atoms with Gasteiger partial charge < -0.3 is 10.3 Å². The second-order valence-electron chi connectivity index (χ2n) is 7.50. The molecule has 0 unspecified atom stereocenters. The van der Waals surface area contributed by atoms with Crippen LogP contribution in [0.1, 0.15) is 16.8 Å². The molecular formula is C20H16N4O5. The Kier molecular flexibility index (Phi) is 3.67. The molecule has 2 heterocycles. The molecule has 146 valence electrons. The van der Waals surface area contributed by atoms with E-state index in [-0.39, 0.29) is 46.7 Å². The number of nitrogens with one attached hydrogen (secondary N) is 3. The number of aromatic amines is 2. The first kappa shape index (κ1) is 17.4. The number of nitrogens with zero attached hydrogens (tertiary/aromatic N) is 1. The lowest BCUT2D eigenvalue weighted by Crippen LogP contribution is -2.32. The lowest BCUT2D eigenvalue weighted by Gasteiger charge is -2.17. The van der Waals surface area contributed by atoms with Crippen molar-refractivity contribution >= 4 is 29.1 Å². The lowest BCUT2D eigenvalue weighted by molar-refractivity contribution is -0.123. The highest BCUT2D eigenvalue weighted by atomic mass is 16.2. The second kappa shape index (κ2) is 6.13. The SMILES string of the molecule is O=C(Nc1c[nH]c(=O)[nH]c1=O)c1ccc(N2C(=O)[C@@H]3[C@H](C2=O)[C@H]2C=C[C@H]3C2)cc1. The normalized spacial score (nSPS) is 26.8. The molecule has 2 aromatic rings. The van der Waals surface area contributed by atoms with Gasteiger partial charge in [0.25, 0.3) is 11.5 Å². The van der Waals surface area contributed by atoms with E-state index >= 15 is 0 Å². The van der Waals surface area contributed by atoms with Crippen molar-refractivity contribution < 1.29 is 14.4 Å². The summed E-state index contributed by atoms with van der Waals surface area (Å²) in [6.45, 7) is 0. The van der Waals surface area contributed by atoms with Gasteiger partial charge in [-0.25, -0.2) is 4.79 Å². The maximum Gasteiger partial charge on any atom is 0.325 e. The first-order valence-electron chi connectivity index (χ1n) is 9.23. The third-order valence-corrected chi connectivity index (χ3v) is 5.93. The monoisotopic (exact) mass is 392 g/mol. The van der Waals surface area contributed by atoms with E-state index < -0.39 is 17.2 Å². The number of imide groups is 1. The number of fused-ring (bicyclic) bond motifs is 5. The molecule has 5 rings (SSSR count). The van der Waals surface area contributed by atoms with Gasteiger partial charge in [0.2, 0.25) is 11.8 Å². The van der Waals surface area contributed by atoms with E-state index in [9.17, 15) is 24.0 Å². The summed E-state index contributed by atoms with van der Waals surface area (Å²) >= 11 is 0. The molecule has 9 heteroatoms. The number of benzene rings is 1. The first-order chi connectivity index (χ1) is 13.9. The van der Waals surface area contributed by atoms with Crippen molar-refractivity contribution in [3.8, 4) is 0 Å². The van der Waals surface area contributed by atoms with E-state index in [1.807, 2.05) is 17.1 Å². The minimum Gasteiger partial charge on any atom is -0.316 e. The summed E-state index contributed by atoms with van der Waals surface area (Å²) in [4.78, 5) is 66.3. The number of amides is 3. The third kappa shape index (κ3) is 2.58. The quantitative estimate of drug-likeness (QED) is 0.521. The maximum absolute atomic E-state index is 12.8. The van der Waals surface area contributed by atoms with Crippen molar-refractivity contribution in [2.24, 2.45) is 23.7 Å². The summed E-state index contributed by atoms with van der Waals surface area (Å²) < 4.78 is 0. The van der Waals surface area contributed by atoms with Crippen LogP contribution >= 0.6 is 0 Å². The Hall–Kier alpha value is -3.75. The molecule has 3 aliphatic rings. The topological polar surface area (TPSA) is 132 Å². The van der Waals surface area contributed by atoms with Gasteiger partial charge >= 0.3 is 5.69 Å². The molecule has 0 radical (unpaired) electrons. The zero-order chi connectivity index (χ0) is 20.3. The highest BCUT2D eigenvalue weighted by molar-refractivity contribution is 6.23. The van der Waals surface area contributed by atoms with E-state index in [2.05, 4.69) is 10.3 Å². The van der Waals surface area contributed by atoms with E-state index in [0.717, 1.165) is 12.6 Å². The Labute approximate surface area is 163 Å². The number of anilines is 2. The van der Waals surface area contributed by atoms with Crippen LogP contribution in [0.15, 0.2) is 52.2 Å². The second-order valence-corrected chi connectivity index (χ2v) is 7.50. The molecule has 29 heavy (non-hydrogen) atoms. The van der Waals surface area contributed by atoms with Crippen LogP contribution in [0.5, 0.6) is 0 Å². The highest BCUT2D eigenvalue weighted by Gasteiger charge is 2.59. The lowest BCUT2D eigenvalue weighted by atomic mass is 9.85. The number of H-pyrrole nitrogens is 2. The zero-order valence-corrected chi connectivity index (χ0v) is 15.0. The number of aromatic nitrogens is 2. The molecule has 3 amide bonds. The van der Waals surface area contributed by atoms with Gasteiger partial charge in [0.1, 0.15) is 5.69 Å². The van der Waals surface area contributed by atoms with E-state index in [1.165, 1.54) is 29.2 Å². The summed E-state index contributed by atoms with van der Waals surface area (Å²) in [7, 11) is 0. The van der Waals surface area contributed by atoms with Crippen LogP contribution in [0.4, 0.5) is 11.4 Å². The maximum atomic E-state index is 12.8. The Morgan fingerprint density at radius 3 is 2.17 bits per heavy atom. The Morgan fingerprint density at radius 1 is 0.966 bits per heavy atom. The van der Waals surface area contributed by atoms with Crippen molar-refractivity contribution in [1.82, 2.24) is 9.97 Å². The molecule has 1 aliphatic heterocycles. The van der Waals surface area contributed by atoms with Crippen LogP contribution < -0.4 is 21.5 Å². The van der Waals surface area contributed by atoms with Gasteiger partial charge in [0.15, 0.2) is 0 Å². The van der Waals surface area contributed by atoms with Crippen LogP contribution in [0.25, 0.3) is 0 Å². The summed E-state index contributed by atoms with van der Waals surface area (Å²) in [5.74, 6) is -1.24. The fourth-order valence-corrected chi connectivity index (χ4v) is 4.62. The standard InChI is InChI=1S/C20H16N4O5/c25-16(22-13-8-21-20(29)23-17(13)26)9-3-5-12(6-4-9)24-18(27)14-10-1-2-11(7-10)15(14)19(24)28/h1-6,8,10-11,14-15H,7H2,(H,22,25)(H2,21,23,26,29)/t10-,11-,14-,15+/m0/s1. The molecule has 1 aromatic carbocycles. The minimum atomic E-state index is -0.721. The van der Waals surface area contributed by atoms with Gasteiger partial charge in [-0.15, -0.1) is 0 Å². The van der Waals surface area contributed by atoms with E-state index in [4.69, 9.17) is 0 Å². The summed E-state index contributed by atoms with van der Waals surface area (Å²) in [6.07, 6.45) is 6.04. The third-order valence-electron chi connectivity index (χ3n) is 5.93. The summed E-state index contributed by atoms with van der Waals surface area (Å²) in [5, 5.41) is 2.40. The number of rotatable bonds is 3. The average Bonchev–Trinajstić information content (AvgIpc) is 3.38. The van der Waals surface area contributed by atoms with Gasteiger partial charge in [-0.2, -0.15) is 0 Å². The van der Waals surface area contributed by atoms with E-state index in [0.29, 0.717) is 5.69 Å². The van der Waals surface area contributed by atoms with Crippen LogP contribution in [0.3, 0.4) is 0 Å². The fourth-order valence-electron chi connectivity index (χ4n) is 4.62. The molecule has 1 aromatic heterocycles. The Bertz CT molecular complexity index is 1160. The van der Waals surface area contributed by atoms with Gasteiger partial charge in [0, 0.05) is 11.8 Å². The molecular weight excluding hydrogens is 376 g/mol. The smallest absolute Gasteiger partial charge is 0.316 e. The number of carbonyl (C=O) groups is 3.